The van der Waals surface area contributed by atoms with Crippen LogP contribution in [-0.4, -0.2) is 11.1 Å². The lowest BCUT2D eigenvalue weighted by molar-refractivity contribution is -0.138. The van der Waals surface area contributed by atoms with Crippen molar-refractivity contribution < 1.29 is 14.3 Å². The Bertz CT molecular complexity index is 632. The number of anilines is 1. The van der Waals surface area contributed by atoms with Crippen molar-refractivity contribution in [3.05, 3.63) is 63.9 Å². The molecule has 0 aromatic heterocycles. The summed E-state index contributed by atoms with van der Waals surface area (Å²) in [6.07, 6.45) is 0. The molecule has 3 nitrogen and oxygen atoms in total. The highest BCUT2D eigenvalue weighted by molar-refractivity contribution is 6.31. The zero-order chi connectivity index (χ0) is 14.7. The smallest absolute Gasteiger partial charge is 0.330 e. The molecule has 0 aliphatic rings. The van der Waals surface area contributed by atoms with E-state index in [1.165, 1.54) is 18.2 Å². The largest absolute Gasteiger partial charge is 0.479 e. The van der Waals surface area contributed by atoms with E-state index in [0.29, 0.717) is 10.7 Å². The number of hydrogen-bond donors (Lipinski definition) is 2. The lowest BCUT2D eigenvalue weighted by Crippen LogP contribution is -2.21. The second-order valence-corrected chi connectivity index (χ2v) is 4.91. The zero-order valence-corrected chi connectivity index (χ0v) is 11.6. The highest BCUT2D eigenvalue weighted by Gasteiger charge is 2.24. The molecule has 0 amide bonds. The standard InChI is InChI=1S/C14H10Cl2FNO2/c15-8-4-6-9(7-5-8)18-13(14(19)20)10-2-1-3-11(16)12(10)17/h1-7,13,18H,(H,19,20). The van der Waals surface area contributed by atoms with Crippen LogP contribution in [0.15, 0.2) is 42.5 Å². The van der Waals surface area contributed by atoms with E-state index in [0.717, 1.165) is 0 Å². The van der Waals surface area contributed by atoms with Crippen LogP contribution in [0.2, 0.25) is 10.0 Å². The Labute approximate surface area is 124 Å². The fraction of sp³-hybridized carbons (Fsp3) is 0.0714. The number of rotatable bonds is 4. The Morgan fingerprint density at radius 2 is 1.80 bits per heavy atom. The van der Waals surface area contributed by atoms with Gasteiger partial charge in [-0.1, -0.05) is 35.3 Å². The summed E-state index contributed by atoms with van der Waals surface area (Å²) in [6, 6.07) is 9.44. The number of aliphatic carboxylic acids is 1. The molecule has 0 bridgehead atoms. The van der Waals surface area contributed by atoms with E-state index in [4.69, 9.17) is 23.2 Å². The monoisotopic (exact) mass is 313 g/mol. The maximum Gasteiger partial charge on any atom is 0.330 e. The third-order valence-electron chi connectivity index (χ3n) is 2.69. The van der Waals surface area contributed by atoms with E-state index in [1.807, 2.05) is 0 Å². The highest BCUT2D eigenvalue weighted by atomic mass is 35.5. The predicted molar refractivity (Wildman–Crippen MR) is 76.9 cm³/mol. The number of carbonyl (C=O) groups is 1. The summed E-state index contributed by atoms with van der Waals surface area (Å²) < 4.78 is 13.9. The SMILES string of the molecule is O=C(O)C(Nc1ccc(Cl)cc1)c1cccc(Cl)c1F. The van der Waals surface area contributed by atoms with Crippen molar-refractivity contribution in [1.29, 1.82) is 0 Å². The molecule has 2 rings (SSSR count). The minimum Gasteiger partial charge on any atom is -0.479 e. The van der Waals surface area contributed by atoms with Crippen molar-refractivity contribution in [3.63, 3.8) is 0 Å². The molecule has 6 heteroatoms. The van der Waals surface area contributed by atoms with E-state index < -0.39 is 17.8 Å². The third-order valence-corrected chi connectivity index (χ3v) is 3.24. The maximum absolute atomic E-state index is 13.9. The van der Waals surface area contributed by atoms with Gasteiger partial charge in [-0.15, -0.1) is 0 Å². The molecular formula is C14H10Cl2FNO2. The van der Waals surface area contributed by atoms with Gasteiger partial charge in [-0.3, -0.25) is 0 Å². The second kappa shape index (κ2) is 6.11. The molecule has 0 aliphatic heterocycles. The van der Waals surface area contributed by atoms with Crippen LogP contribution in [0.4, 0.5) is 10.1 Å². The fourth-order valence-electron chi connectivity index (χ4n) is 1.73. The molecule has 2 aromatic carbocycles. The summed E-state index contributed by atoms with van der Waals surface area (Å²) in [6.45, 7) is 0. The van der Waals surface area contributed by atoms with Crippen molar-refractivity contribution in [2.75, 3.05) is 5.32 Å². The van der Waals surface area contributed by atoms with E-state index in [-0.39, 0.29) is 10.6 Å². The third kappa shape index (κ3) is 3.21. The van der Waals surface area contributed by atoms with E-state index in [2.05, 4.69) is 5.32 Å². The molecular weight excluding hydrogens is 304 g/mol. The Morgan fingerprint density at radius 1 is 1.15 bits per heavy atom. The van der Waals surface area contributed by atoms with Crippen LogP contribution in [0.5, 0.6) is 0 Å². The molecule has 20 heavy (non-hydrogen) atoms. The van der Waals surface area contributed by atoms with Gasteiger partial charge >= 0.3 is 5.97 Å². The summed E-state index contributed by atoms with van der Waals surface area (Å²) >= 11 is 11.4. The lowest BCUT2D eigenvalue weighted by Gasteiger charge is -2.17. The van der Waals surface area contributed by atoms with Gasteiger partial charge in [0.2, 0.25) is 0 Å². The van der Waals surface area contributed by atoms with Crippen LogP contribution in [0, 0.1) is 5.82 Å². The van der Waals surface area contributed by atoms with Gasteiger partial charge in [0.15, 0.2) is 6.04 Å². The quantitative estimate of drug-likeness (QED) is 0.881. The first-order valence-electron chi connectivity index (χ1n) is 5.68. The van der Waals surface area contributed by atoms with Crippen molar-refractivity contribution in [1.82, 2.24) is 0 Å². The van der Waals surface area contributed by atoms with Gasteiger partial charge in [-0.2, -0.15) is 0 Å². The molecule has 0 heterocycles. The summed E-state index contributed by atoms with van der Waals surface area (Å²) in [7, 11) is 0. The minimum atomic E-state index is -1.24. The molecule has 0 radical (unpaired) electrons. The fourth-order valence-corrected chi connectivity index (χ4v) is 2.04. The van der Waals surface area contributed by atoms with Crippen LogP contribution >= 0.6 is 23.2 Å². The number of benzene rings is 2. The number of carboxylic acids is 1. The van der Waals surface area contributed by atoms with Gasteiger partial charge in [0.05, 0.1) is 5.02 Å². The van der Waals surface area contributed by atoms with Crippen LogP contribution < -0.4 is 5.32 Å². The molecule has 104 valence electrons. The molecule has 2 aromatic rings. The van der Waals surface area contributed by atoms with Crippen LogP contribution in [0.3, 0.4) is 0 Å². The van der Waals surface area contributed by atoms with Crippen molar-refractivity contribution in [2.24, 2.45) is 0 Å². The lowest BCUT2D eigenvalue weighted by atomic mass is 10.1. The summed E-state index contributed by atoms with van der Waals surface area (Å²) in [4.78, 5) is 11.3. The topological polar surface area (TPSA) is 49.3 Å². The first-order chi connectivity index (χ1) is 9.49. The molecule has 0 saturated carbocycles. The second-order valence-electron chi connectivity index (χ2n) is 4.07. The van der Waals surface area contributed by atoms with E-state index in [9.17, 15) is 14.3 Å². The minimum absolute atomic E-state index is 0.0278. The Balaban J connectivity index is 2.34. The van der Waals surface area contributed by atoms with E-state index in [1.54, 1.807) is 24.3 Å². The Hall–Kier alpha value is -1.78. The normalized spacial score (nSPS) is 11.9. The number of carboxylic acid groups (broad SMARTS) is 1. The average Bonchev–Trinajstić information content (AvgIpc) is 2.41. The van der Waals surface area contributed by atoms with Gasteiger partial charge in [0, 0.05) is 16.3 Å². The number of nitrogens with one attached hydrogen (secondary N) is 1. The first kappa shape index (κ1) is 14.6. The molecule has 2 N–H and O–H groups in total. The van der Waals surface area contributed by atoms with E-state index >= 15 is 0 Å². The molecule has 0 saturated heterocycles. The Morgan fingerprint density at radius 3 is 2.40 bits per heavy atom. The maximum atomic E-state index is 13.9. The number of halogens is 3. The van der Waals surface area contributed by atoms with Gasteiger partial charge < -0.3 is 10.4 Å². The Kier molecular flexibility index (Phi) is 4.47. The molecule has 0 aliphatic carbocycles. The van der Waals surface area contributed by atoms with Crippen molar-refractivity contribution in [3.8, 4) is 0 Å². The predicted octanol–water partition coefficient (Wildman–Crippen LogP) is 4.37. The molecule has 1 atom stereocenters. The van der Waals surface area contributed by atoms with Crippen LogP contribution in [-0.2, 0) is 4.79 Å². The molecule has 0 fully saturated rings. The molecule has 1 unspecified atom stereocenters. The summed E-state index contributed by atoms with van der Waals surface area (Å²) in [5.74, 6) is -1.95. The average molecular weight is 314 g/mol. The summed E-state index contributed by atoms with van der Waals surface area (Å²) in [5, 5.41) is 12.4. The van der Waals surface area contributed by atoms with Gasteiger partial charge in [0.25, 0.3) is 0 Å². The summed E-state index contributed by atoms with van der Waals surface area (Å²) in [5.41, 5.74) is 0.487. The van der Waals surface area contributed by atoms with Crippen molar-refractivity contribution in [2.45, 2.75) is 6.04 Å². The first-order valence-corrected chi connectivity index (χ1v) is 6.43. The van der Waals surface area contributed by atoms with Crippen LogP contribution in [0.25, 0.3) is 0 Å². The highest BCUT2D eigenvalue weighted by Crippen LogP contribution is 2.27. The number of hydrogen-bond acceptors (Lipinski definition) is 2. The van der Waals surface area contributed by atoms with Gasteiger partial charge in [0.1, 0.15) is 5.82 Å². The van der Waals surface area contributed by atoms with Crippen LogP contribution in [0.1, 0.15) is 11.6 Å². The molecule has 0 spiro atoms. The van der Waals surface area contributed by atoms with Gasteiger partial charge in [-0.05, 0) is 30.3 Å². The zero-order valence-electron chi connectivity index (χ0n) is 10.1. The van der Waals surface area contributed by atoms with Crippen molar-refractivity contribution >= 4 is 34.9 Å². The van der Waals surface area contributed by atoms with Gasteiger partial charge in [-0.25, -0.2) is 9.18 Å².